The summed E-state index contributed by atoms with van der Waals surface area (Å²) in [4.78, 5) is 4.53. The second kappa shape index (κ2) is 6.44. The molecule has 2 aromatic rings. The molecule has 0 aliphatic heterocycles. The third-order valence-corrected chi connectivity index (χ3v) is 5.29. The Morgan fingerprint density at radius 3 is 2.47 bits per heavy atom. The Morgan fingerprint density at radius 2 is 1.89 bits per heavy atom. The van der Waals surface area contributed by atoms with Gasteiger partial charge in [-0.1, -0.05) is 43.7 Å². The topological polar surface area (TPSA) is 30.0 Å². The SMILES string of the molecule is Cc1ccc(C[S@](=O)Cc2csc(C(C)C)n2)cc1. The van der Waals surface area contributed by atoms with Crippen LogP contribution < -0.4 is 0 Å². The van der Waals surface area contributed by atoms with Crippen LogP contribution in [0.1, 0.15) is 41.6 Å². The van der Waals surface area contributed by atoms with Gasteiger partial charge >= 0.3 is 0 Å². The molecule has 0 amide bonds. The molecule has 1 aromatic carbocycles. The Labute approximate surface area is 121 Å². The molecule has 4 heteroatoms. The highest BCUT2D eigenvalue weighted by molar-refractivity contribution is 7.83. The monoisotopic (exact) mass is 293 g/mol. The van der Waals surface area contributed by atoms with E-state index in [1.165, 1.54) is 5.56 Å². The summed E-state index contributed by atoms with van der Waals surface area (Å²) in [7, 11) is -0.884. The lowest BCUT2D eigenvalue weighted by Gasteiger charge is -2.02. The molecule has 19 heavy (non-hydrogen) atoms. The van der Waals surface area contributed by atoms with Gasteiger partial charge in [0.05, 0.1) is 16.5 Å². The van der Waals surface area contributed by atoms with E-state index in [1.54, 1.807) is 11.3 Å². The fourth-order valence-electron chi connectivity index (χ4n) is 1.74. The second-order valence-electron chi connectivity index (χ2n) is 5.05. The highest BCUT2D eigenvalue weighted by Crippen LogP contribution is 2.20. The van der Waals surface area contributed by atoms with Crippen LogP contribution in [0, 0.1) is 6.92 Å². The summed E-state index contributed by atoms with van der Waals surface area (Å²) in [5, 5.41) is 3.16. The van der Waals surface area contributed by atoms with Crippen molar-refractivity contribution in [1.82, 2.24) is 4.98 Å². The van der Waals surface area contributed by atoms with Crippen LogP contribution in [0.4, 0.5) is 0 Å². The number of hydrogen-bond donors (Lipinski definition) is 0. The summed E-state index contributed by atoms with van der Waals surface area (Å²) in [6, 6.07) is 8.22. The minimum absolute atomic E-state index is 0.448. The van der Waals surface area contributed by atoms with Crippen molar-refractivity contribution in [2.24, 2.45) is 0 Å². The van der Waals surface area contributed by atoms with Crippen molar-refractivity contribution in [3.63, 3.8) is 0 Å². The van der Waals surface area contributed by atoms with Gasteiger partial charge in [0, 0.05) is 27.9 Å². The van der Waals surface area contributed by atoms with Gasteiger partial charge in [-0.3, -0.25) is 4.21 Å². The van der Waals surface area contributed by atoms with E-state index in [0.717, 1.165) is 16.3 Å². The normalized spacial score (nSPS) is 12.8. The minimum Gasteiger partial charge on any atom is -0.259 e. The van der Waals surface area contributed by atoms with E-state index in [2.05, 4.69) is 37.9 Å². The Balaban J connectivity index is 1.95. The summed E-state index contributed by atoms with van der Waals surface area (Å²) in [5.74, 6) is 1.61. The Morgan fingerprint density at radius 1 is 1.21 bits per heavy atom. The van der Waals surface area contributed by atoms with Crippen molar-refractivity contribution in [2.75, 3.05) is 0 Å². The zero-order valence-corrected chi connectivity index (χ0v) is 13.2. The van der Waals surface area contributed by atoms with Crippen molar-refractivity contribution in [2.45, 2.75) is 38.2 Å². The average molecular weight is 293 g/mol. The average Bonchev–Trinajstić information content (AvgIpc) is 2.80. The molecule has 1 aromatic heterocycles. The molecule has 0 fully saturated rings. The summed E-state index contributed by atoms with van der Waals surface area (Å²) in [5.41, 5.74) is 3.32. The molecule has 0 saturated carbocycles. The van der Waals surface area contributed by atoms with Gasteiger partial charge in [-0.15, -0.1) is 11.3 Å². The van der Waals surface area contributed by atoms with Crippen molar-refractivity contribution in [1.29, 1.82) is 0 Å². The largest absolute Gasteiger partial charge is 0.259 e. The van der Waals surface area contributed by atoms with Crippen LogP contribution in [-0.4, -0.2) is 9.19 Å². The van der Waals surface area contributed by atoms with Gasteiger partial charge in [-0.25, -0.2) is 4.98 Å². The molecule has 0 saturated heterocycles. The molecule has 0 aliphatic carbocycles. The number of rotatable bonds is 5. The number of aryl methyl sites for hydroxylation is 1. The zero-order valence-electron chi connectivity index (χ0n) is 11.6. The Hall–Kier alpha value is -1.00. The second-order valence-corrected chi connectivity index (χ2v) is 7.39. The highest BCUT2D eigenvalue weighted by Gasteiger charge is 2.09. The molecule has 2 nitrogen and oxygen atoms in total. The molecule has 102 valence electrons. The van der Waals surface area contributed by atoms with E-state index in [9.17, 15) is 4.21 Å². The summed E-state index contributed by atoms with van der Waals surface area (Å²) < 4.78 is 12.1. The first-order chi connectivity index (χ1) is 9.04. The fourth-order valence-corrected chi connectivity index (χ4v) is 3.82. The minimum atomic E-state index is -0.884. The van der Waals surface area contributed by atoms with Crippen LogP contribution in [0.15, 0.2) is 29.6 Å². The van der Waals surface area contributed by atoms with Crippen LogP contribution in [0.3, 0.4) is 0 Å². The van der Waals surface area contributed by atoms with Crippen LogP contribution in [0.2, 0.25) is 0 Å². The van der Waals surface area contributed by atoms with Crippen molar-refractivity contribution < 1.29 is 4.21 Å². The van der Waals surface area contributed by atoms with Crippen LogP contribution >= 0.6 is 11.3 Å². The Bertz CT molecular complexity index is 558. The van der Waals surface area contributed by atoms with Crippen molar-refractivity contribution >= 4 is 22.1 Å². The van der Waals surface area contributed by atoms with Gasteiger partial charge in [0.2, 0.25) is 0 Å². The lowest BCUT2D eigenvalue weighted by Crippen LogP contribution is -2.00. The number of hydrogen-bond acceptors (Lipinski definition) is 3. The third-order valence-electron chi connectivity index (χ3n) is 2.82. The first-order valence-electron chi connectivity index (χ1n) is 6.39. The van der Waals surface area contributed by atoms with Crippen LogP contribution in [0.25, 0.3) is 0 Å². The first-order valence-corrected chi connectivity index (χ1v) is 8.76. The lowest BCUT2D eigenvalue weighted by atomic mass is 10.2. The van der Waals surface area contributed by atoms with Gasteiger partial charge in [-0.2, -0.15) is 0 Å². The first kappa shape index (κ1) is 14.4. The van der Waals surface area contributed by atoms with Crippen molar-refractivity contribution in [3.8, 4) is 0 Å². The van der Waals surface area contributed by atoms with Gasteiger partial charge in [0.1, 0.15) is 0 Å². The third kappa shape index (κ3) is 4.25. The van der Waals surface area contributed by atoms with Gasteiger partial charge in [0.15, 0.2) is 0 Å². The summed E-state index contributed by atoms with van der Waals surface area (Å²) in [6.45, 7) is 6.32. The molecular formula is C15H19NOS2. The number of aromatic nitrogens is 1. The van der Waals surface area contributed by atoms with E-state index >= 15 is 0 Å². The number of thiazole rings is 1. The zero-order chi connectivity index (χ0) is 13.8. The van der Waals surface area contributed by atoms with E-state index in [0.29, 0.717) is 17.4 Å². The maximum absolute atomic E-state index is 12.1. The molecule has 0 radical (unpaired) electrons. The standard InChI is InChI=1S/C15H19NOS2/c1-11(2)15-16-14(8-18-15)10-19(17)9-13-6-4-12(3)5-7-13/h4-8,11H,9-10H2,1-3H3/t19-/m0/s1. The van der Waals surface area contributed by atoms with E-state index in [-0.39, 0.29) is 0 Å². The predicted molar refractivity (Wildman–Crippen MR) is 82.9 cm³/mol. The molecule has 0 bridgehead atoms. The van der Waals surface area contributed by atoms with Crippen molar-refractivity contribution in [3.05, 3.63) is 51.5 Å². The lowest BCUT2D eigenvalue weighted by molar-refractivity contribution is 0.681. The summed E-state index contributed by atoms with van der Waals surface area (Å²) >= 11 is 1.66. The number of nitrogens with zero attached hydrogens (tertiary/aromatic N) is 1. The molecule has 0 aliphatic rings. The molecule has 0 spiro atoms. The predicted octanol–water partition coefficient (Wildman–Crippen LogP) is 4.02. The van der Waals surface area contributed by atoms with Gasteiger partial charge in [-0.05, 0) is 12.5 Å². The molecule has 1 atom stereocenters. The van der Waals surface area contributed by atoms with Crippen LogP contribution in [-0.2, 0) is 22.3 Å². The molecule has 1 heterocycles. The fraction of sp³-hybridized carbons (Fsp3) is 0.400. The Kier molecular flexibility index (Phi) is 4.88. The highest BCUT2D eigenvalue weighted by atomic mass is 32.2. The molecule has 0 N–H and O–H groups in total. The van der Waals surface area contributed by atoms with E-state index in [4.69, 9.17) is 0 Å². The molecule has 0 unspecified atom stereocenters. The van der Waals surface area contributed by atoms with Gasteiger partial charge in [0.25, 0.3) is 0 Å². The molecule has 2 rings (SSSR count). The van der Waals surface area contributed by atoms with E-state index < -0.39 is 10.8 Å². The van der Waals surface area contributed by atoms with Gasteiger partial charge < -0.3 is 0 Å². The molecular weight excluding hydrogens is 274 g/mol. The maximum Gasteiger partial charge on any atom is 0.0954 e. The van der Waals surface area contributed by atoms with E-state index in [1.807, 2.05) is 17.5 Å². The number of benzene rings is 1. The quantitative estimate of drug-likeness (QED) is 0.833. The summed E-state index contributed by atoms with van der Waals surface area (Å²) in [6.07, 6.45) is 0. The maximum atomic E-state index is 12.1. The smallest absolute Gasteiger partial charge is 0.0954 e. The van der Waals surface area contributed by atoms with Crippen LogP contribution in [0.5, 0.6) is 0 Å².